The molecule has 2 unspecified atom stereocenters. The highest BCUT2D eigenvalue weighted by molar-refractivity contribution is 6.45. The Labute approximate surface area is 312 Å². The first-order valence-corrected chi connectivity index (χ1v) is 18.5. The van der Waals surface area contributed by atoms with Crippen LogP contribution in [0.5, 0.6) is 0 Å². The van der Waals surface area contributed by atoms with Crippen LogP contribution in [0.3, 0.4) is 0 Å². The lowest BCUT2D eigenvalue weighted by Gasteiger charge is -2.40. The van der Waals surface area contributed by atoms with Gasteiger partial charge in [-0.25, -0.2) is 4.68 Å². The Morgan fingerprint density at radius 3 is 1.85 bits per heavy atom. The number of benzene rings is 4. The van der Waals surface area contributed by atoms with Crippen molar-refractivity contribution in [3.05, 3.63) is 148 Å². The lowest BCUT2D eigenvalue weighted by molar-refractivity contribution is -0.122. The summed E-state index contributed by atoms with van der Waals surface area (Å²) in [7, 11) is -0.273. The van der Waals surface area contributed by atoms with E-state index < -0.39 is 5.54 Å². The van der Waals surface area contributed by atoms with Crippen molar-refractivity contribution >= 4 is 24.6 Å². The van der Waals surface area contributed by atoms with Gasteiger partial charge in [0.2, 0.25) is 5.91 Å². The lowest BCUT2D eigenvalue weighted by atomic mass is 9.76. The molecule has 0 radical (unpaired) electrons. The lowest BCUT2D eigenvalue weighted by Crippen LogP contribution is -2.47. The van der Waals surface area contributed by atoms with Gasteiger partial charge in [0.15, 0.2) is 5.82 Å². The quantitative estimate of drug-likeness (QED) is 0.0641. The smallest absolute Gasteiger partial charge is 0.403 e. The van der Waals surface area contributed by atoms with E-state index in [1.54, 1.807) is 4.68 Å². The topological polar surface area (TPSA) is 103 Å². The summed E-state index contributed by atoms with van der Waals surface area (Å²) in [5.74, 6) is 0.382. The van der Waals surface area contributed by atoms with Crippen molar-refractivity contribution in [1.82, 2.24) is 30.8 Å². The predicted octanol–water partition coefficient (Wildman–Crippen LogP) is 8.09. The molecule has 2 atom stereocenters. The molecule has 11 heteroatoms. The summed E-state index contributed by atoms with van der Waals surface area (Å²) in [4.78, 5) is 13.5. The van der Waals surface area contributed by atoms with Gasteiger partial charge in [0.05, 0.1) is 28.8 Å². The van der Waals surface area contributed by atoms with Gasteiger partial charge in [-0.15, -0.1) is 5.10 Å². The molecule has 1 aliphatic heterocycles. The van der Waals surface area contributed by atoms with Crippen molar-refractivity contribution in [1.29, 1.82) is 0 Å². The van der Waals surface area contributed by atoms with Crippen molar-refractivity contribution in [2.24, 2.45) is 0 Å². The second-order valence-electron chi connectivity index (χ2n) is 14.6. The molecule has 270 valence electrons. The third kappa shape index (κ3) is 8.31. The minimum absolute atomic E-state index is 0.0403. The number of carbonyl (C=O) groups is 1. The molecule has 52 heavy (non-hydrogen) atoms. The van der Waals surface area contributed by atoms with Crippen molar-refractivity contribution in [3.8, 4) is 0 Å². The van der Waals surface area contributed by atoms with Crippen LogP contribution < -0.4 is 10.6 Å². The van der Waals surface area contributed by atoms with Gasteiger partial charge in [-0.05, 0) is 92.2 Å². The number of tetrazole rings is 1. The molecule has 0 saturated carbocycles. The molecule has 0 spiro atoms. The number of carbonyl (C=O) groups excluding carboxylic acids is 1. The molecule has 1 amide bonds. The number of hydrogen-bond donors (Lipinski definition) is 2. The fourth-order valence-corrected chi connectivity index (χ4v) is 7.04. The van der Waals surface area contributed by atoms with Crippen molar-refractivity contribution in [3.63, 3.8) is 0 Å². The van der Waals surface area contributed by atoms with E-state index in [9.17, 15) is 4.79 Å². The average Bonchev–Trinajstić information content (AvgIpc) is 3.68. The van der Waals surface area contributed by atoms with Crippen LogP contribution in [0, 0.1) is 0 Å². The van der Waals surface area contributed by atoms with Crippen LogP contribution in [0.4, 0.5) is 0 Å². The van der Waals surface area contributed by atoms with Crippen molar-refractivity contribution in [2.75, 3.05) is 0 Å². The molecule has 1 saturated heterocycles. The van der Waals surface area contributed by atoms with Crippen LogP contribution in [0.25, 0.3) is 0 Å². The zero-order chi connectivity index (χ0) is 36.8. The fraction of sp³-hybridized carbons (Fsp3) is 0.366. The summed E-state index contributed by atoms with van der Waals surface area (Å²) < 4.78 is 14.2. The normalized spacial score (nSPS) is 16.4. The molecular formula is C41H48BClN6O3. The maximum Gasteiger partial charge on any atom is 0.457 e. The minimum Gasteiger partial charge on any atom is -0.403 e. The van der Waals surface area contributed by atoms with Crippen LogP contribution in [-0.2, 0) is 26.2 Å². The molecule has 4 aromatic carbocycles. The molecule has 1 aliphatic rings. The first-order chi connectivity index (χ1) is 25.0. The van der Waals surface area contributed by atoms with Crippen LogP contribution in [0.1, 0.15) is 94.0 Å². The van der Waals surface area contributed by atoms with Crippen molar-refractivity contribution < 1.29 is 14.1 Å². The molecule has 1 aromatic heterocycles. The van der Waals surface area contributed by atoms with E-state index in [2.05, 4.69) is 127 Å². The summed E-state index contributed by atoms with van der Waals surface area (Å²) >= 11 is 6.10. The SMILES string of the molecule is CC(NC(=O)Cn1nnnc1C(CCCCB1OC(C)(C)C(C)(C)O1)NC(c1ccccc1)(c1ccccc1)c1ccccc1)c1ccc(Cl)cc1. The van der Waals surface area contributed by atoms with Crippen LogP contribution in [0.15, 0.2) is 115 Å². The van der Waals surface area contributed by atoms with Gasteiger partial charge in [-0.2, -0.15) is 0 Å². The highest BCUT2D eigenvalue weighted by Gasteiger charge is 2.50. The third-order valence-corrected chi connectivity index (χ3v) is 10.7. The number of halogens is 1. The Hall–Kier alpha value is -4.35. The Bertz CT molecular complexity index is 1780. The molecule has 1 fully saturated rings. The zero-order valence-electron chi connectivity index (χ0n) is 30.6. The maximum absolute atomic E-state index is 13.5. The van der Waals surface area contributed by atoms with Gasteiger partial charge < -0.3 is 14.6 Å². The van der Waals surface area contributed by atoms with Crippen LogP contribution in [0.2, 0.25) is 11.3 Å². The number of hydrogen-bond acceptors (Lipinski definition) is 7. The Balaban J connectivity index is 1.32. The standard InChI is InChI=1S/C41H48BClN6O3/c1-30(31-24-26-35(43)27-25-31)44-37(50)29-49-38(46-47-48-49)36(23-15-16-28-42-51-39(2,3)40(4,5)52-42)45-41(32-17-9-6-10-18-32,33-19-11-7-12-20-33)34-21-13-8-14-22-34/h6-14,17-22,24-27,30,36,45H,15-16,23,28-29H2,1-5H3,(H,44,50). The molecule has 6 rings (SSSR count). The number of nitrogens with zero attached hydrogens (tertiary/aromatic N) is 4. The number of unbranched alkanes of at least 4 members (excludes halogenated alkanes) is 1. The van der Waals surface area contributed by atoms with Crippen LogP contribution in [-0.4, -0.2) is 44.4 Å². The maximum atomic E-state index is 13.5. The largest absolute Gasteiger partial charge is 0.457 e. The number of rotatable bonds is 15. The first kappa shape index (κ1) is 37.4. The fourth-order valence-electron chi connectivity index (χ4n) is 6.92. The molecule has 2 N–H and O–H groups in total. The second-order valence-corrected chi connectivity index (χ2v) is 15.0. The highest BCUT2D eigenvalue weighted by atomic mass is 35.5. The molecule has 0 bridgehead atoms. The van der Waals surface area contributed by atoms with Gasteiger partial charge in [0.25, 0.3) is 0 Å². The Morgan fingerprint density at radius 1 is 0.808 bits per heavy atom. The summed E-state index contributed by atoms with van der Waals surface area (Å²) in [6.45, 7) is 10.2. The number of aromatic nitrogens is 4. The van der Waals surface area contributed by atoms with E-state index in [1.165, 1.54) is 0 Å². The van der Waals surface area contributed by atoms with E-state index in [4.69, 9.17) is 20.9 Å². The molecule has 9 nitrogen and oxygen atoms in total. The van der Waals surface area contributed by atoms with E-state index >= 15 is 0 Å². The molecule has 5 aromatic rings. The molecule has 2 heterocycles. The molecule has 0 aliphatic carbocycles. The average molecular weight is 719 g/mol. The van der Waals surface area contributed by atoms with Gasteiger partial charge in [0, 0.05) is 5.02 Å². The highest BCUT2D eigenvalue weighted by Crippen LogP contribution is 2.41. The predicted molar refractivity (Wildman–Crippen MR) is 206 cm³/mol. The summed E-state index contributed by atoms with van der Waals surface area (Å²) in [5.41, 5.74) is 2.64. The summed E-state index contributed by atoms with van der Waals surface area (Å²) in [6.07, 6.45) is 3.15. The summed E-state index contributed by atoms with van der Waals surface area (Å²) in [5, 5.41) is 20.8. The van der Waals surface area contributed by atoms with Crippen molar-refractivity contribution in [2.45, 2.75) is 95.6 Å². The second kappa shape index (κ2) is 16.1. The number of nitrogens with one attached hydrogen (secondary N) is 2. The van der Waals surface area contributed by atoms with E-state index in [0.29, 0.717) is 17.3 Å². The molecular weight excluding hydrogens is 671 g/mol. The van der Waals surface area contributed by atoms with E-state index in [1.807, 2.05) is 49.4 Å². The minimum atomic E-state index is -0.775. The van der Waals surface area contributed by atoms with Gasteiger partial charge in [0.1, 0.15) is 6.54 Å². The monoisotopic (exact) mass is 718 g/mol. The van der Waals surface area contributed by atoms with Crippen LogP contribution >= 0.6 is 11.6 Å². The first-order valence-electron chi connectivity index (χ1n) is 18.1. The Kier molecular flexibility index (Phi) is 11.6. The number of amides is 1. The zero-order valence-corrected chi connectivity index (χ0v) is 31.4. The summed E-state index contributed by atoms with van der Waals surface area (Å²) in [6, 6.07) is 38.3. The van der Waals surface area contributed by atoms with Gasteiger partial charge in [-0.1, -0.05) is 128 Å². The van der Waals surface area contributed by atoms with Gasteiger partial charge >= 0.3 is 7.12 Å². The third-order valence-electron chi connectivity index (χ3n) is 10.4. The van der Waals surface area contributed by atoms with E-state index in [-0.39, 0.29) is 42.9 Å². The van der Waals surface area contributed by atoms with E-state index in [0.717, 1.165) is 41.4 Å². The Morgan fingerprint density at radius 2 is 1.33 bits per heavy atom. The van der Waals surface area contributed by atoms with Gasteiger partial charge in [-0.3, -0.25) is 10.1 Å².